The molecule has 0 aromatic heterocycles. The van der Waals surface area contributed by atoms with Crippen LogP contribution < -0.4 is 5.32 Å². The molecule has 1 saturated carbocycles. The lowest BCUT2D eigenvalue weighted by Crippen LogP contribution is -2.28. The molecular formula is C15H29NO. The predicted molar refractivity (Wildman–Crippen MR) is 72.2 cm³/mol. The minimum atomic E-state index is 0.583. The highest BCUT2D eigenvalue weighted by Gasteiger charge is 2.23. The average Bonchev–Trinajstić information content (AvgIpc) is 2.98. The molecule has 0 spiro atoms. The maximum atomic E-state index is 5.69. The second-order valence-corrected chi connectivity index (χ2v) is 6.25. The zero-order valence-electron chi connectivity index (χ0n) is 11.6. The standard InChI is InChI=1S/C15H29NO/c1-12(2)13(11-16-14-8-9-14)5-3-6-15-7-4-10-17-15/h12-16H,3-11H2,1-2H3. The molecule has 2 unspecified atom stereocenters. The monoisotopic (exact) mass is 239 g/mol. The summed E-state index contributed by atoms with van der Waals surface area (Å²) in [5, 5.41) is 3.69. The van der Waals surface area contributed by atoms with E-state index in [1.807, 2.05) is 0 Å². The molecular weight excluding hydrogens is 210 g/mol. The van der Waals surface area contributed by atoms with Gasteiger partial charge in [0.1, 0.15) is 0 Å². The summed E-state index contributed by atoms with van der Waals surface area (Å²) in [7, 11) is 0. The summed E-state index contributed by atoms with van der Waals surface area (Å²) in [5.74, 6) is 1.67. The second-order valence-electron chi connectivity index (χ2n) is 6.25. The molecule has 1 saturated heterocycles. The van der Waals surface area contributed by atoms with Crippen molar-refractivity contribution < 1.29 is 4.74 Å². The summed E-state index contributed by atoms with van der Waals surface area (Å²) in [4.78, 5) is 0. The van der Waals surface area contributed by atoms with E-state index >= 15 is 0 Å². The van der Waals surface area contributed by atoms with E-state index in [1.165, 1.54) is 51.5 Å². The van der Waals surface area contributed by atoms with Crippen LogP contribution in [0.4, 0.5) is 0 Å². The van der Waals surface area contributed by atoms with E-state index in [-0.39, 0.29) is 0 Å². The first-order valence-electron chi connectivity index (χ1n) is 7.60. The van der Waals surface area contributed by atoms with Crippen molar-refractivity contribution >= 4 is 0 Å². The summed E-state index contributed by atoms with van der Waals surface area (Å²) in [6, 6.07) is 0.856. The van der Waals surface area contributed by atoms with E-state index in [9.17, 15) is 0 Å². The van der Waals surface area contributed by atoms with Gasteiger partial charge in [0.25, 0.3) is 0 Å². The van der Waals surface area contributed by atoms with Crippen molar-refractivity contribution in [1.29, 1.82) is 0 Å². The van der Waals surface area contributed by atoms with Gasteiger partial charge in [-0.25, -0.2) is 0 Å². The molecule has 0 radical (unpaired) electrons. The van der Waals surface area contributed by atoms with Gasteiger partial charge in [-0.2, -0.15) is 0 Å². The largest absolute Gasteiger partial charge is 0.378 e. The highest BCUT2D eigenvalue weighted by Crippen LogP contribution is 2.24. The van der Waals surface area contributed by atoms with Crippen LogP contribution >= 0.6 is 0 Å². The highest BCUT2D eigenvalue weighted by molar-refractivity contribution is 4.82. The number of nitrogens with one attached hydrogen (secondary N) is 1. The first-order valence-corrected chi connectivity index (χ1v) is 7.60. The average molecular weight is 239 g/mol. The van der Waals surface area contributed by atoms with Crippen LogP contribution in [0.2, 0.25) is 0 Å². The van der Waals surface area contributed by atoms with Crippen molar-refractivity contribution in [2.45, 2.75) is 70.9 Å². The van der Waals surface area contributed by atoms with Crippen LogP contribution in [0.25, 0.3) is 0 Å². The number of rotatable bonds is 8. The fraction of sp³-hybridized carbons (Fsp3) is 1.00. The molecule has 2 rings (SSSR count). The lowest BCUT2D eigenvalue weighted by molar-refractivity contribution is 0.0998. The lowest BCUT2D eigenvalue weighted by Gasteiger charge is -2.22. The van der Waals surface area contributed by atoms with Gasteiger partial charge in [0, 0.05) is 12.6 Å². The molecule has 2 aliphatic rings. The van der Waals surface area contributed by atoms with Crippen molar-refractivity contribution in [3.8, 4) is 0 Å². The Balaban J connectivity index is 1.58. The van der Waals surface area contributed by atoms with Crippen LogP contribution in [0, 0.1) is 11.8 Å². The van der Waals surface area contributed by atoms with E-state index in [1.54, 1.807) is 0 Å². The smallest absolute Gasteiger partial charge is 0.0576 e. The Kier molecular flexibility index (Phi) is 5.30. The Morgan fingerprint density at radius 3 is 2.65 bits per heavy atom. The Labute approximate surface area is 107 Å². The molecule has 17 heavy (non-hydrogen) atoms. The van der Waals surface area contributed by atoms with Crippen molar-refractivity contribution in [1.82, 2.24) is 5.32 Å². The van der Waals surface area contributed by atoms with Crippen LogP contribution in [0.1, 0.15) is 58.8 Å². The lowest BCUT2D eigenvalue weighted by atomic mass is 9.90. The molecule has 0 amide bonds. The van der Waals surface area contributed by atoms with Gasteiger partial charge in [-0.05, 0) is 56.9 Å². The van der Waals surface area contributed by atoms with Crippen LogP contribution in [0.15, 0.2) is 0 Å². The molecule has 2 fully saturated rings. The molecule has 0 bridgehead atoms. The van der Waals surface area contributed by atoms with E-state index < -0.39 is 0 Å². The molecule has 0 aromatic rings. The van der Waals surface area contributed by atoms with E-state index in [4.69, 9.17) is 4.74 Å². The molecule has 2 nitrogen and oxygen atoms in total. The molecule has 2 heteroatoms. The number of hydrogen-bond acceptors (Lipinski definition) is 2. The Hall–Kier alpha value is -0.0800. The summed E-state index contributed by atoms with van der Waals surface area (Å²) in [5.41, 5.74) is 0. The maximum absolute atomic E-state index is 5.69. The van der Waals surface area contributed by atoms with E-state index in [2.05, 4.69) is 19.2 Å². The van der Waals surface area contributed by atoms with E-state index in [0.717, 1.165) is 24.5 Å². The molecule has 2 atom stereocenters. The Bertz CT molecular complexity index is 207. The third-order valence-corrected chi connectivity index (χ3v) is 4.31. The van der Waals surface area contributed by atoms with Crippen molar-refractivity contribution in [2.24, 2.45) is 11.8 Å². The van der Waals surface area contributed by atoms with Crippen LogP contribution in [-0.4, -0.2) is 25.3 Å². The number of hydrogen-bond donors (Lipinski definition) is 1. The summed E-state index contributed by atoms with van der Waals surface area (Å²) in [6.07, 6.45) is 9.97. The summed E-state index contributed by atoms with van der Waals surface area (Å²) < 4.78 is 5.69. The van der Waals surface area contributed by atoms with Crippen molar-refractivity contribution in [3.05, 3.63) is 0 Å². The van der Waals surface area contributed by atoms with Gasteiger partial charge in [0.05, 0.1) is 6.10 Å². The predicted octanol–water partition coefficient (Wildman–Crippen LogP) is 3.36. The van der Waals surface area contributed by atoms with Crippen molar-refractivity contribution in [2.75, 3.05) is 13.2 Å². The molecule has 1 heterocycles. The van der Waals surface area contributed by atoms with E-state index in [0.29, 0.717) is 6.10 Å². The Morgan fingerprint density at radius 1 is 1.24 bits per heavy atom. The van der Waals surface area contributed by atoms with Gasteiger partial charge in [-0.1, -0.05) is 20.3 Å². The highest BCUT2D eigenvalue weighted by atomic mass is 16.5. The quantitative estimate of drug-likeness (QED) is 0.701. The fourth-order valence-corrected chi connectivity index (χ4v) is 2.76. The fourth-order valence-electron chi connectivity index (χ4n) is 2.76. The first kappa shape index (κ1) is 13.4. The summed E-state index contributed by atoms with van der Waals surface area (Å²) in [6.45, 7) is 6.96. The zero-order chi connectivity index (χ0) is 12.1. The SMILES string of the molecule is CC(C)C(CCCC1CCCO1)CNC1CC1. The molecule has 100 valence electrons. The summed E-state index contributed by atoms with van der Waals surface area (Å²) >= 11 is 0. The number of ether oxygens (including phenoxy) is 1. The van der Waals surface area contributed by atoms with Crippen LogP contribution in [-0.2, 0) is 4.74 Å². The topological polar surface area (TPSA) is 21.3 Å². The molecule has 0 aromatic carbocycles. The third kappa shape index (κ3) is 4.97. The normalized spacial score (nSPS) is 26.6. The minimum Gasteiger partial charge on any atom is -0.378 e. The maximum Gasteiger partial charge on any atom is 0.0576 e. The minimum absolute atomic E-state index is 0.583. The van der Waals surface area contributed by atoms with Crippen LogP contribution in [0.5, 0.6) is 0 Å². The zero-order valence-corrected chi connectivity index (χ0v) is 11.6. The van der Waals surface area contributed by atoms with Gasteiger partial charge >= 0.3 is 0 Å². The first-order chi connectivity index (χ1) is 8.25. The van der Waals surface area contributed by atoms with Gasteiger partial charge in [-0.3, -0.25) is 0 Å². The molecule has 1 N–H and O–H groups in total. The van der Waals surface area contributed by atoms with Crippen LogP contribution in [0.3, 0.4) is 0 Å². The van der Waals surface area contributed by atoms with Gasteiger partial charge in [0.15, 0.2) is 0 Å². The van der Waals surface area contributed by atoms with Gasteiger partial charge in [0.2, 0.25) is 0 Å². The van der Waals surface area contributed by atoms with Crippen molar-refractivity contribution in [3.63, 3.8) is 0 Å². The third-order valence-electron chi connectivity index (χ3n) is 4.31. The molecule has 1 aliphatic carbocycles. The molecule has 1 aliphatic heterocycles. The van der Waals surface area contributed by atoms with Gasteiger partial charge < -0.3 is 10.1 Å². The Morgan fingerprint density at radius 2 is 2.06 bits per heavy atom. The van der Waals surface area contributed by atoms with Gasteiger partial charge in [-0.15, -0.1) is 0 Å². The second kappa shape index (κ2) is 6.75.